The number of benzene rings is 1. The first-order valence-corrected chi connectivity index (χ1v) is 9.42. The molecular weight excluding hydrogens is 372 g/mol. The second-order valence-corrected chi connectivity index (χ2v) is 7.71. The van der Waals surface area contributed by atoms with Crippen molar-refractivity contribution in [3.63, 3.8) is 0 Å². The first-order chi connectivity index (χ1) is 10.3. The molecule has 0 unspecified atom stereocenters. The summed E-state index contributed by atoms with van der Waals surface area (Å²) in [5.41, 5.74) is 0.895. The van der Waals surface area contributed by atoms with Crippen molar-refractivity contribution in [3.05, 3.63) is 34.3 Å². The van der Waals surface area contributed by atoms with Crippen LogP contribution in [0.25, 0.3) is 0 Å². The van der Waals surface area contributed by atoms with Crippen molar-refractivity contribution in [3.8, 4) is 0 Å². The van der Waals surface area contributed by atoms with E-state index in [1.807, 2.05) is 24.3 Å². The molecule has 6 nitrogen and oxygen atoms in total. The summed E-state index contributed by atoms with van der Waals surface area (Å²) < 4.78 is 30.3. The fourth-order valence-electron chi connectivity index (χ4n) is 1.85. The molecule has 0 aliphatic carbocycles. The smallest absolute Gasteiger partial charge is 0.224 e. The van der Waals surface area contributed by atoms with Crippen molar-refractivity contribution >= 4 is 31.9 Å². The Kier molecular flexibility index (Phi) is 8.02. The fraction of sp³-hybridized carbons (Fsp3) is 0.500. The summed E-state index contributed by atoms with van der Waals surface area (Å²) in [7, 11) is -1.79. The molecule has 0 aromatic heterocycles. The van der Waals surface area contributed by atoms with Crippen LogP contribution in [-0.4, -0.2) is 58.2 Å². The van der Waals surface area contributed by atoms with Crippen LogP contribution < -0.4 is 5.32 Å². The summed E-state index contributed by atoms with van der Waals surface area (Å²) in [6.45, 7) is 1.09. The Morgan fingerprint density at radius 1 is 1.36 bits per heavy atom. The second kappa shape index (κ2) is 9.24. The zero-order chi connectivity index (χ0) is 16.6. The van der Waals surface area contributed by atoms with E-state index in [9.17, 15) is 13.2 Å². The standard InChI is InChI=1S/C14H21BrN2O4S/c1-21-9-8-17(22(2,19)20)7-6-16-14(18)11-12-4-3-5-13(15)10-12/h3-5,10H,6-9,11H2,1-2H3,(H,16,18). The van der Waals surface area contributed by atoms with E-state index in [-0.39, 0.29) is 32.0 Å². The van der Waals surface area contributed by atoms with Crippen molar-refractivity contribution < 1.29 is 17.9 Å². The largest absolute Gasteiger partial charge is 0.383 e. The monoisotopic (exact) mass is 392 g/mol. The number of nitrogens with one attached hydrogen (secondary N) is 1. The zero-order valence-corrected chi connectivity index (χ0v) is 15.1. The summed E-state index contributed by atoms with van der Waals surface area (Å²) in [5, 5.41) is 2.73. The predicted molar refractivity (Wildman–Crippen MR) is 89.1 cm³/mol. The van der Waals surface area contributed by atoms with Gasteiger partial charge in [0.1, 0.15) is 0 Å². The topological polar surface area (TPSA) is 75.7 Å². The minimum atomic E-state index is -3.30. The van der Waals surface area contributed by atoms with Gasteiger partial charge in [-0.05, 0) is 17.7 Å². The van der Waals surface area contributed by atoms with Gasteiger partial charge in [-0.15, -0.1) is 0 Å². The molecule has 22 heavy (non-hydrogen) atoms. The number of hydrogen-bond donors (Lipinski definition) is 1. The highest BCUT2D eigenvalue weighted by molar-refractivity contribution is 9.10. The maximum absolute atomic E-state index is 11.8. The van der Waals surface area contributed by atoms with Gasteiger partial charge in [0, 0.05) is 31.2 Å². The van der Waals surface area contributed by atoms with E-state index in [2.05, 4.69) is 21.2 Å². The number of rotatable bonds is 9. The van der Waals surface area contributed by atoms with E-state index in [0.29, 0.717) is 6.61 Å². The minimum Gasteiger partial charge on any atom is -0.383 e. The fourth-order valence-corrected chi connectivity index (χ4v) is 3.13. The normalized spacial score (nSPS) is 11.6. The average molecular weight is 393 g/mol. The second-order valence-electron chi connectivity index (χ2n) is 4.81. The molecule has 0 bridgehead atoms. The lowest BCUT2D eigenvalue weighted by molar-refractivity contribution is -0.120. The van der Waals surface area contributed by atoms with Gasteiger partial charge in [0.2, 0.25) is 15.9 Å². The first kappa shape index (κ1) is 19.1. The van der Waals surface area contributed by atoms with Crippen LogP contribution in [-0.2, 0) is 26.0 Å². The van der Waals surface area contributed by atoms with Gasteiger partial charge in [-0.1, -0.05) is 28.1 Å². The zero-order valence-electron chi connectivity index (χ0n) is 12.7. The third-order valence-electron chi connectivity index (χ3n) is 2.95. The highest BCUT2D eigenvalue weighted by atomic mass is 79.9. The highest BCUT2D eigenvalue weighted by Crippen LogP contribution is 2.11. The molecule has 0 fully saturated rings. The van der Waals surface area contributed by atoms with Gasteiger partial charge >= 0.3 is 0 Å². The van der Waals surface area contributed by atoms with Gasteiger partial charge in [-0.2, -0.15) is 4.31 Å². The van der Waals surface area contributed by atoms with Crippen molar-refractivity contribution in [1.29, 1.82) is 0 Å². The molecular formula is C14H21BrN2O4S. The Bertz CT molecular complexity index is 592. The van der Waals surface area contributed by atoms with Gasteiger partial charge in [-0.3, -0.25) is 4.79 Å². The number of carbonyl (C=O) groups excluding carboxylic acids is 1. The van der Waals surface area contributed by atoms with Crippen LogP contribution in [0.15, 0.2) is 28.7 Å². The lowest BCUT2D eigenvalue weighted by Crippen LogP contribution is -2.40. The van der Waals surface area contributed by atoms with E-state index < -0.39 is 10.0 Å². The SMILES string of the molecule is COCCN(CCNC(=O)Cc1cccc(Br)c1)S(C)(=O)=O. The van der Waals surface area contributed by atoms with Crippen LogP contribution in [0, 0.1) is 0 Å². The van der Waals surface area contributed by atoms with Crippen LogP contribution in [0.4, 0.5) is 0 Å². The number of ether oxygens (including phenoxy) is 1. The third-order valence-corrected chi connectivity index (χ3v) is 4.75. The molecule has 0 radical (unpaired) electrons. The molecule has 1 aromatic carbocycles. The van der Waals surface area contributed by atoms with Gasteiger partial charge in [-0.25, -0.2) is 8.42 Å². The quantitative estimate of drug-likeness (QED) is 0.680. The summed E-state index contributed by atoms with van der Waals surface area (Å²) in [6.07, 6.45) is 1.41. The molecule has 0 aliphatic rings. The van der Waals surface area contributed by atoms with Gasteiger partial charge in [0.15, 0.2) is 0 Å². The van der Waals surface area contributed by atoms with E-state index in [1.54, 1.807) is 0 Å². The van der Waals surface area contributed by atoms with Crippen LogP contribution >= 0.6 is 15.9 Å². The molecule has 0 heterocycles. The summed E-state index contributed by atoms with van der Waals surface area (Å²) in [4.78, 5) is 11.8. The maximum Gasteiger partial charge on any atom is 0.224 e. The number of sulfonamides is 1. The first-order valence-electron chi connectivity index (χ1n) is 6.78. The van der Waals surface area contributed by atoms with Gasteiger partial charge in [0.05, 0.1) is 19.3 Å². The Morgan fingerprint density at radius 2 is 2.09 bits per heavy atom. The van der Waals surface area contributed by atoms with Crippen molar-refractivity contribution in [2.75, 3.05) is 39.6 Å². The molecule has 0 spiro atoms. The molecule has 0 saturated carbocycles. The van der Waals surface area contributed by atoms with Gasteiger partial charge in [0.25, 0.3) is 0 Å². The highest BCUT2D eigenvalue weighted by Gasteiger charge is 2.16. The Balaban J connectivity index is 2.42. The summed E-state index contributed by atoms with van der Waals surface area (Å²) >= 11 is 3.35. The average Bonchev–Trinajstić information content (AvgIpc) is 2.41. The van der Waals surface area contributed by atoms with Crippen molar-refractivity contribution in [2.45, 2.75) is 6.42 Å². The van der Waals surface area contributed by atoms with Crippen LogP contribution in [0.3, 0.4) is 0 Å². The molecule has 1 aromatic rings. The molecule has 124 valence electrons. The van der Waals surface area contributed by atoms with E-state index >= 15 is 0 Å². The molecule has 0 atom stereocenters. The number of methoxy groups -OCH3 is 1. The van der Waals surface area contributed by atoms with Crippen LogP contribution in [0.1, 0.15) is 5.56 Å². The number of amides is 1. The number of nitrogens with zero attached hydrogens (tertiary/aromatic N) is 1. The lowest BCUT2D eigenvalue weighted by atomic mass is 10.1. The summed E-state index contributed by atoms with van der Waals surface area (Å²) in [5.74, 6) is -0.140. The molecule has 1 rings (SSSR count). The van der Waals surface area contributed by atoms with Crippen molar-refractivity contribution in [2.24, 2.45) is 0 Å². The number of hydrogen-bond acceptors (Lipinski definition) is 4. The van der Waals surface area contributed by atoms with Gasteiger partial charge < -0.3 is 10.1 Å². The van der Waals surface area contributed by atoms with Crippen LogP contribution in [0.5, 0.6) is 0 Å². The lowest BCUT2D eigenvalue weighted by Gasteiger charge is -2.19. The van der Waals surface area contributed by atoms with E-state index in [0.717, 1.165) is 16.3 Å². The Hall–Kier alpha value is -0.960. The number of halogens is 1. The van der Waals surface area contributed by atoms with Crippen LogP contribution in [0.2, 0.25) is 0 Å². The molecule has 1 N–H and O–H groups in total. The van der Waals surface area contributed by atoms with E-state index in [4.69, 9.17) is 4.74 Å². The number of carbonyl (C=O) groups is 1. The third kappa shape index (κ3) is 7.35. The molecule has 0 aliphatic heterocycles. The molecule has 8 heteroatoms. The minimum absolute atomic E-state index is 0.140. The Morgan fingerprint density at radius 3 is 2.68 bits per heavy atom. The molecule has 0 saturated heterocycles. The maximum atomic E-state index is 11.8. The molecule has 1 amide bonds. The summed E-state index contributed by atoms with van der Waals surface area (Å²) in [6, 6.07) is 7.50. The van der Waals surface area contributed by atoms with E-state index in [1.165, 1.54) is 11.4 Å². The van der Waals surface area contributed by atoms with Crippen molar-refractivity contribution in [1.82, 2.24) is 9.62 Å². The predicted octanol–water partition coefficient (Wildman–Crippen LogP) is 1.02. The Labute approximate surface area is 140 Å².